The Morgan fingerprint density at radius 3 is 2.61 bits per heavy atom. The van der Waals surface area contributed by atoms with Crippen molar-refractivity contribution in [1.82, 2.24) is 5.32 Å². The number of benzene rings is 1. The third-order valence-corrected chi connectivity index (χ3v) is 3.45. The lowest BCUT2D eigenvalue weighted by Gasteiger charge is -2.24. The Morgan fingerprint density at radius 2 is 2.06 bits per heavy atom. The summed E-state index contributed by atoms with van der Waals surface area (Å²) < 4.78 is 38.2. The molecule has 2 rings (SSSR count). The maximum absolute atomic E-state index is 12.7. The number of nitrogens with one attached hydrogen (secondary N) is 1. The van der Waals surface area contributed by atoms with Crippen LogP contribution in [-0.2, 0) is 6.18 Å². The molecule has 100 valence electrons. The number of phenols is 1. The molecule has 1 aliphatic rings. The van der Waals surface area contributed by atoms with Gasteiger partial charge in [0.25, 0.3) is 0 Å². The number of phenolic OH excluding ortho intramolecular Hbond substituents is 1. The Kier molecular flexibility index (Phi) is 3.73. The summed E-state index contributed by atoms with van der Waals surface area (Å²) in [5.74, 6) is -0.880. The van der Waals surface area contributed by atoms with Gasteiger partial charge in [-0.2, -0.15) is 13.2 Å². The average molecular weight is 280 g/mol. The van der Waals surface area contributed by atoms with Crippen molar-refractivity contribution in [3.05, 3.63) is 28.3 Å². The summed E-state index contributed by atoms with van der Waals surface area (Å²) in [7, 11) is 0. The molecule has 1 fully saturated rings. The highest BCUT2D eigenvalue weighted by Crippen LogP contribution is 2.42. The van der Waals surface area contributed by atoms with Crippen molar-refractivity contribution in [3.8, 4) is 5.75 Å². The first kappa shape index (κ1) is 13.5. The van der Waals surface area contributed by atoms with Gasteiger partial charge in [-0.3, -0.25) is 0 Å². The molecule has 0 radical (unpaired) electrons. The standard InChI is InChI=1S/C12H13ClF3NO/c13-10-5-8(7-2-1-3-17-6-7)4-9(11(10)18)12(14,15)16/h4-5,7,17-18H,1-3,6H2. The number of halogens is 4. The van der Waals surface area contributed by atoms with Crippen molar-refractivity contribution in [2.45, 2.75) is 24.9 Å². The van der Waals surface area contributed by atoms with Gasteiger partial charge in [-0.05, 0) is 43.0 Å². The summed E-state index contributed by atoms with van der Waals surface area (Å²) in [4.78, 5) is 0. The van der Waals surface area contributed by atoms with E-state index < -0.39 is 17.5 Å². The summed E-state index contributed by atoms with van der Waals surface area (Å²) >= 11 is 5.67. The van der Waals surface area contributed by atoms with E-state index in [1.54, 1.807) is 0 Å². The lowest BCUT2D eigenvalue weighted by atomic mass is 9.90. The molecule has 1 atom stereocenters. The Bertz CT molecular complexity index is 442. The zero-order valence-electron chi connectivity index (χ0n) is 9.52. The fraction of sp³-hybridized carbons (Fsp3) is 0.500. The molecule has 2 nitrogen and oxygen atoms in total. The summed E-state index contributed by atoms with van der Waals surface area (Å²) in [6.45, 7) is 1.52. The zero-order chi connectivity index (χ0) is 13.3. The van der Waals surface area contributed by atoms with Gasteiger partial charge in [-0.15, -0.1) is 0 Å². The summed E-state index contributed by atoms with van der Waals surface area (Å²) in [6.07, 6.45) is -2.85. The molecule has 2 N–H and O–H groups in total. The summed E-state index contributed by atoms with van der Waals surface area (Å²) in [5.41, 5.74) is -0.534. The molecule has 1 heterocycles. The van der Waals surface area contributed by atoms with E-state index in [0.29, 0.717) is 12.1 Å². The van der Waals surface area contributed by atoms with Crippen LogP contribution in [0.5, 0.6) is 5.75 Å². The van der Waals surface area contributed by atoms with Crippen LogP contribution in [-0.4, -0.2) is 18.2 Å². The molecule has 6 heteroatoms. The minimum atomic E-state index is -4.59. The van der Waals surface area contributed by atoms with Crippen LogP contribution in [0.2, 0.25) is 5.02 Å². The van der Waals surface area contributed by atoms with E-state index in [9.17, 15) is 18.3 Å². The second-order valence-corrected chi connectivity index (χ2v) is 4.85. The van der Waals surface area contributed by atoms with Crippen LogP contribution in [0.4, 0.5) is 13.2 Å². The molecule has 1 unspecified atom stereocenters. The van der Waals surface area contributed by atoms with Crippen molar-refractivity contribution in [2.75, 3.05) is 13.1 Å². The van der Waals surface area contributed by atoms with Gasteiger partial charge in [0.2, 0.25) is 0 Å². The van der Waals surface area contributed by atoms with Gasteiger partial charge in [0.1, 0.15) is 5.75 Å². The molecule has 1 saturated heterocycles. The molecule has 0 spiro atoms. The number of hydrogen-bond donors (Lipinski definition) is 2. The second-order valence-electron chi connectivity index (χ2n) is 4.44. The molecule has 0 aromatic heterocycles. The fourth-order valence-electron chi connectivity index (χ4n) is 2.21. The fourth-order valence-corrected chi connectivity index (χ4v) is 2.44. The quantitative estimate of drug-likeness (QED) is 0.824. The van der Waals surface area contributed by atoms with Crippen LogP contribution in [0.1, 0.15) is 29.9 Å². The molecule has 0 aliphatic carbocycles. The highest BCUT2D eigenvalue weighted by molar-refractivity contribution is 6.32. The molecule has 18 heavy (non-hydrogen) atoms. The number of rotatable bonds is 1. The molecular weight excluding hydrogens is 267 g/mol. The Morgan fingerprint density at radius 1 is 1.33 bits per heavy atom. The number of alkyl halides is 3. The minimum absolute atomic E-state index is 0.0120. The monoisotopic (exact) mass is 279 g/mol. The topological polar surface area (TPSA) is 32.3 Å². The van der Waals surface area contributed by atoms with E-state index in [-0.39, 0.29) is 10.9 Å². The van der Waals surface area contributed by atoms with E-state index in [2.05, 4.69) is 5.32 Å². The van der Waals surface area contributed by atoms with Crippen molar-refractivity contribution in [2.24, 2.45) is 0 Å². The van der Waals surface area contributed by atoms with Gasteiger partial charge in [-0.1, -0.05) is 11.6 Å². The van der Waals surface area contributed by atoms with Gasteiger partial charge in [0, 0.05) is 6.54 Å². The lowest BCUT2D eigenvalue weighted by molar-refractivity contribution is -0.138. The van der Waals surface area contributed by atoms with Gasteiger partial charge < -0.3 is 10.4 Å². The number of hydrogen-bond acceptors (Lipinski definition) is 2. The Hall–Kier alpha value is -0.940. The second kappa shape index (κ2) is 4.97. The first-order valence-electron chi connectivity index (χ1n) is 5.70. The van der Waals surface area contributed by atoms with Crippen LogP contribution in [0, 0.1) is 0 Å². The smallest absolute Gasteiger partial charge is 0.420 e. The zero-order valence-corrected chi connectivity index (χ0v) is 10.3. The molecule has 1 aromatic rings. The Labute approximate surface area is 108 Å². The van der Waals surface area contributed by atoms with Crippen molar-refractivity contribution >= 4 is 11.6 Å². The SMILES string of the molecule is Oc1c(Cl)cc(C2CCCNC2)cc1C(F)(F)F. The van der Waals surface area contributed by atoms with E-state index >= 15 is 0 Å². The number of aromatic hydroxyl groups is 1. The Balaban J connectivity index is 2.40. The predicted octanol–water partition coefficient (Wildman–Crippen LogP) is 3.53. The van der Waals surface area contributed by atoms with Crippen LogP contribution in [0.3, 0.4) is 0 Å². The summed E-state index contributed by atoms with van der Waals surface area (Å²) in [6, 6.07) is 2.42. The van der Waals surface area contributed by atoms with E-state index in [4.69, 9.17) is 11.6 Å². The van der Waals surface area contributed by atoms with Crippen molar-refractivity contribution in [3.63, 3.8) is 0 Å². The lowest BCUT2D eigenvalue weighted by Crippen LogP contribution is -2.28. The first-order valence-corrected chi connectivity index (χ1v) is 6.07. The first-order chi connectivity index (χ1) is 8.39. The third-order valence-electron chi connectivity index (χ3n) is 3.16. The molecular formula is C12H13ClF3NO. The molecule has 0 bridgehead atoms. The highest BCUT2D eigenvalue weighted by atomic mass is 35.5. The third kappa shape index (κ3) is 2.72. The van der Waals surface area contributed by atoms with Crippen molar-refractivity contribution in [1.29, 1.82) is 0 Å². The summed E-state index contributed by atoms with van der Waals surface area (Å²) in [5, 5.41) is 12.3. The van der Waals surface area contributed by atoms with Gasteiger partial charge in [0.05, 0.1) is 10.6 Å². The molecule has 0 saturated carbocycles. The number of piperidine rings is 1. The highest BCUT2D eigenvalue weighted by Gasteiger charge is 2.36. The van der Waals surface area contributed by atoms with E-state index in [0.717, 1.165) is 25.5 Å². The van der Waals surface area contributed by atoms with E-state index in [1.165, 1.54) is 6.07 Å². The average Bonchev–Trinajstić information content (AvgIpc) is 2.32. The van der Waals surface area contributed by atoms with Crippen molar-refractivity contribution < 1.29 is 18.3 Å². The molecule has 0 amide bonds. The van der Waals surface area contributed by atoms with Crippen LogP contribution in [0.25, 0.3) is 0 Å². The van der Waals surface area contributed by atoms with Gasteiger partial charge >= 0.3 is 6.18 Å². The predicted molar refractivity (Wildman–Crippen MR) is 63.0 cm³/mol. The van der Waals surface area contributed by atoms with Crippen LogP contribution in [0.15, 0.2) is 12.1 Å². The minimum Gasteiger partial charge on any atom is -0.506 e. The van der Waals surface area contributed by atoms with Gasteiger partial charge in [0.15, 0.2) is 0 Å². The maximum atomic E-state index is 12.7. The van der Waals surface area contributed by atoms with Crippen LogP contribution < -0.4 is 5.32 Å². The van der Waals surface area contributed by atoms with Gasteiger partial charge in [-0.25, -0.2) is 0 Å². The normalized spacial score (nSPS) is 21.0. The molecule has 1 aromatic carbocycles. The van der Waals surface area contributed by atoms with Crippen LogP contribution >= 0.6 is 11.6 Å². The maximum Gasteiger partial charge on any atom is 0.420 e. The largest absolute Gasteiger partial charge is 0.506 e. The van der Waals surface area contributed by atoms with E-state index in [1.807, 2.05) is 0 Å². The molecule has 1 aliphatic heterocycles.